The van der Waals surface area contributed by atoms with E-state index in [4.69, 9.17) is 0 Å². The van der Waals surface area contributed by atoms with Crippen molar-refractivity contribution in [3.63, 3.8) is 0 Å². The second-order valence-corrected chi connectivity index (χ2v) is 9.76. The molecule has 9 nitrogen and oxygen atoms in total. The number of halogens is 3. The molecule has 0 unspecified atom stereocenters. The first-order chi connectivity index (χ1) is 18.0. The van der Waals surface area contributed by atoms with E-state index in [1.807, 2.05) is 0 Å². The highest BCUT2D eigenvalue weighted by atomic mass is 32.1. The molecule has 13 heteroatoms. The van der Waals surface area contributed by atoms with Crippen LogP contribution in [0.3, 0.4) is 0 Å². The normalized spacial score (nSPS) is 15.5. The van der Waals surface area contributed by atoms with Gasteiger partial charge in [0.05, 0.1) is 6.54 Å². The molecule has 2 aromatic rings. The summed E-state index contributed by atoms with van der Waals surface area (Å²) in [5.74, 6) is -1.25. The molecule has 2 heterocycles. The van der Waals surface area contributed by atoms with Crippen LogP contribution in [0.15, 0.2) is 29.1 Å². The standard InChI is InChI=1S/C25H29F3N6O3S/c1-3-34-23(37)20(38-24(34)19(13-29)22(36)31-16-25(26,27)28)14-30-17-8-7-9-18(12-17)32(2)21(35)15-33-10-5-4-6-11-33/h7-9,12,14,30H,3-6,10-11,15-16H2,1-2H3,(H,31,36)/b20-14+,24-19-. The van der Waals surface area contributed by atoms with Crippen LogP contribution in [0.25, 0.3) is 11.8 Å². The molecular weight excluding hydrogens is 521 g/mol. The summed E-state index contributed by atoms with van der Waals surface area (Å²) in [6.07, 6.45) is 0.116. The number of aromatic nitrogens is 1. The molecule has 1 saturated heterocycles. The molecule has 0 spiro atoms. The molecule has 1 fully saturated rings. The van der Waals surface area contributed by atoms with Crippen molar-refractivity contribution in [1.82, 2.24) is 14.8 Å². The number of nitriles is 1. The maximum atomic E-state index is 12.9. The number of carbonyl (C=O) groups is 2. The summed E-state index contributed by atoms with van der Waals surface area (Å²) < 4.78 is 38.8. The van der Waals surface area contributed by atoms with Gasteiger partial charge in [-0.3, -0.25) is 23.9 Å². The summed E-state index contributed by atoms with van der Waals surface area (Å²) in [6.45, 7) is 2.29. The number of piperidine rings is 1. The zero-order valence-corrected chi connectivity index (χ0v) is 21.9. The lowest BCUT2D eigenvalue weighted by molar-refractivity contribution is -0.135. The molecule has 2 amide bonds. The minimum atomic E-state index is -4.64. The van der Waals surface area contributed by atoms with Gasteiger partial charge in [-0.2, -0.15) is 18.4 Å². The molecule has 0 saturated carbocycles. The predicted octanol–water partition coefficient (Wildman–Crippen LogP) is 1.58. The number of rotatable bonds is 8. The number of alkyl halides is 3. The van der Waals surface area contributed by atoms with Gasteiger partial charge in [0.2, 0.25) is 5.91 Å². The Kier molecular flexibility index (Phi) is 9.71. The Morgan fingerprint density at radius 2 is 1.95 bits per heavy atom. The van der Waals surface area contributed by atoms with Crippen molar-refractivity contribution in [1.29, 1.82) is 5.26 Å². The third-order valence-corrected chi connectivity index (χ3v) is 7.14. The number of nitrogens with zero attached hydrogens (tertiary/aromatic N) is 4. The van der Waals surface area contributed by atoms with E-state index in [-0.39, 0.29) is 21.6 Å². The Hall–Kier alpha value is -3.63. The van der Waals surface area contributed by atoms with E-state index in [2.05, 4.69) is 10.2 Å². The molecule has 2 N–H and O–H groups in total. The zero-order valence-electron chi connectivity index (χ0n) is 21.1. The summed E-state index contributed by atoms with van der Waals surface area (Å²) in [6, 6.07) is 8.65. The van der Waals surface area contributed by atoms with Gasteiger partial charge in [0.1, 0.15) is 21.8 Å². The van der Waals surface area contributed by atoms with Crippen LogP contribution in [0.4, 0.5) is 24.5 Å². The van der Waals surface area contributed by atoms with E-state index >= 15 is 0 Å². The van der Waals surface area contributed by atoms with Crippen LogP contribution in [0.1, 0.15) is 26.2 Å². The van der Waals surface area contributed by atoms with Crippen molar-refractivity contribution in [2.45, 2.75) is 38.9 Å². The Morgan fingerprint density at radius 3 is 2.58 bits per heavy atom. The summed E-state index contributed by atoms with van der Waals surface area (Å²) in [5, 5.41) is 14.1. The van der Waals surface area contributed by atoms with Crippen LogP contribution < -0.4 is 30.3 Å². The molecule has 0 atom stereocenters. The largest absolute Gasteiger partial charge is 0.405 e. The number of nitrogens with one attached hydrogen (secondary N) is 2. The molecule has 0 radical (unpaired) electrons. The highest BCUT2D eigenvalue weighted by molar-refractivity contribution is 7.07. The van der Waals surface area contributed by atoms with Gasteiger partial charge < -0.3 is 15.5 Å². The number of likely N-dealkylation sites (tertiary alicyclic amines) is 1. The molecule has 3 rings (SSSR count). The van der Waals surface area contributed by atoms with E-state index < -0.39 is 29.8 Å². The number of carbonyl (C=O) groups excluding carboxylic acids is 2. The van der Waals surface area contributed by atoms with E-state index in [9.17, 15) is 32.8 Å². The lowest BCUT2D eigenvalue weighted by Crippen LogP contribution is -2.40. The van der Waals surface area contributed by atoms with Gasteiger partial charge in [0.25, 0.3) is 11.5 Å². The fourth-order valence-electron chi connectivity index (χ4n) is 3.97. The van der Waals surface area contributed by atoms with Crippen LogP contribution in [0.5, 0.6) is 0 Å². The smallest absolute Gasteiger partial charge is 0.360 e. The molecule has 1 aliphatic rings. The van der Waals surface area contributed by atoms with Crippen molar-refractivity contribution < 1.29 is 22.8 Å². The number of likely N-dealkylation sites (N-methyl/N-ethyl adjacent to an activating group) is 1. The summed E-state index contributed by atoms with van der Waals surface area (Å²) in [7, 11) is 1.70. The second-order valence-electron chi connectivity index (χ2n) is 8.73. The van der Waals surface area contributed by atoms with Crippen molar-refractivity contribution in [2.75, 3.05) is 43.4 Å². The summed E-state index contributed by atoms with van der Waals surface area (Å²) >= 11 is 0.820. The fourth-order valence-corrected chi connectivity index (χ4v) is 5.06. The van der Waals surface area contributed by atoms with Gasteiger partial charge in [0.15, 0.2) is 5.57 Å². The Morgan fingerprint density at radius 1 is 1.24 bits per heavy atom. The van der Waals surface area contributed by atoms with Gasteiger partial charge >= 0.3 is 6.18 Å². The second kappa shape index (κ2) is 12.7. The number of benzene rings is 1. The van der Waals surface area contributed by atoms with Crippen molar-refractivity contribution in [3.8, 4) is 6.07 Å². The molecule has 38 heavy (non-hydrogen) atoms. The first-order valence-electron chi connectivity index (χ1n) is 12.1. The van der Waals surface area contributed by atoms with Crippen molar-refractivity contribution >= 4 is 46.3 Å². The van der Waals surface area contributed by atoms with Gasteiger partial charge in [-0.1, -0.05) is 12.5 Å². The van der Waals surface area contributed by atoms with Crippen LogP contribution in [0, 0.1) is 11.3 Å². The highest BCUT2D eigenvalue weighted by Crippen LogP contribution is 2.19. The Balaban J connectivity index is 1.84. The molecular formula is C25H29F3N6O3S. The molecule has 1 aromatic heterocycles. The Labute approximate surface area is 221 Å². The van der Waals surface area contributed by atoms with Gasteiger partial charge in [-0.15, -0.1) is 11.3 Å². The van der Waals surface area contributed by atoms with Gasteiger partial charge in [-0.05, 0) is 51.1 Å². The van der Waals surface area contributed by atoms with Gasteiger partial charge in [-0.25, -0.2) is 0 Å². The number of thiazole rings is 1. The third-order valence-electron chi connectivity index (χ3n) is 6.01. The van der Waals surface area contributed by atoms with Crippen LogP contribution in [0.2, 0.25) is 0 Å². The quantitative estimate of drug-likeness (QED) is 0.517. The maximum Gasteiger partial charge on any atom is 0.405 e. The first kappa shape index (κ1) is 28.9. The van der Waals surface area contributed by atoms with Gasteiger partial charge in [0, 0.05) is 31.2 Å². The number of hydrogen-bond donors (Lipinski definition) is 2. The average molecular weight is 551 g/mol. The van der Waals surface area contributed by atoms with E-state index in [0.29, 0.717) is 17.9 Å². The SMILES string of the molecule is CCn1c(=O)/c(=C\Nc2cccc(N(C)C(=O)CN3CCCCC3)c2)s/c1=C(/C#N)C(=O)NCC(F)(F)F. The lowest BCUT2D eigenvalue weighted by atomic mass is 10.1. The monoisotopic (exact) mass is 550 g/mol. The van der Waals surface area contributed by atoms with Crippen molar-refractivity contribution in [2.24, 2.45) is 0 Å². The maximum absolute atomic E-state index is 12.9. The molecule has 1 aromatic carbocycles. The summed E-state index contributed by atoms with van der Waals surface area (Å²) in [4.78, 5) is 41.6. The van der Waals surface area contributed by atoms with E-state index in [0.717, 1.165) is 41.8 Å². The third kappa shape index (κ3) is 7.45. The molecule has 204 valence electrons. The average Bonchev–Trinajstić information content (AvgIpc) is 3.21. The van der Waals surface area contributed by atoms with E-state index in [1.165, 1.54) is 12.6 Å². The minimum absolute atomic E-state index is 0.0369. The van der Waals surface area contributed by atoms with Crippen molar-refractivity contribution in [3.05, 3.63) is 43.8 Å². The fraction of sp³-hybridized carbons (Fsp3) is 0.440. The van der Waals surface area contributed by atoms with Crippen LogP contribution in [-0.4, -0.2) is 60.7 Å². The summed E-state index contributed by atoms with van der Waals surface area (Å²) in [5.41, 5.74) is 0.171. The topological polar surface area (TPSA) is 110 Å². The van der Waals surface area contributed by atoms with E-state index in [1.54, 1.807) is 54.5 Å². The predicted molar refractivity (Wildman–Crippen MR) is 140 cm³/mol. The number of hydrogen-bond acceptors (Lipinski definition) is 7. The van der Waals surface area contributed by atoms with Crippen LogP contribution in [-0.2, 0) is 16.1 Å². The lowest BCUT2D eigenvalue weighted by Gasteiger charge is -2.28. The molecule has 1 aliphatic heterocycles. The minimum Gasteiger partial charge on any atom is -0.360 e. The number of amides is 2. The Bertz CT molecular complexity index is 1390. The molecule has 0 bridgehead atoms. The first-order valence-corrected chi connectivity index (χ1v) is 12.9. The highest BCUT2D eigenvalue weighted by Gasteiger charge is 2.29. The number of anilines is 2. The van der Waals surface area contributed by atoms with Crippen LogP contribution >= 0.6 is 11.3 Å². The zero-order chi connectivity index (χ0) is 27.9. The molecule has 0 aliphatic carbocycles.